The lowest BCUT2D eigenvalue weighted by atomic mass is 9.96. The highest BCUT2D eigenvalue weighted by molar-refractivity contribution is 8.89. The summed E-state index contributed by atoms with van der Waals surface area (Å²) in [7, 11) is 3.15. The minimum Gasteiger partial charge on any atom is -0.368 e. The van der Waals surface area contributed by atoms with E-state index >= 15 is 0 Å². The van der Waals surface area contributed by atoms with E-state index in [2.05, 4.69) is 5.32 Å². The van der Waals surface area contributed by atoms with E-state index in [1.165, 1.54) is 32.1 Å². The molecular formula is C9H15NS4. The van der Waals surface area contributed by atoms with E-state index in [4.69, 9.17) is 24.4 Å². The molecule has 0 aliphatic heterocycles. The lowest BCUT2D eigenvalue weighted by molar-refractivity contribution is 0.416. The van der Waals surface area contributed by atoms with Crippen molar-refractivity contribution in [3.05, 3.63) is 0 Å². The van der Waals surface area contributed by atoms with E-state index in [1.54, 1.807) is 21.6 Å². The Morgan fingerprint density at radius 1 is 1.14 bits per heavy atom. The van der Waals surface area contributed by atoms with Crippen molar-refractivity contribution in [2.24, 2.45) is 0 Å². The van der Waals surface area contributed by atoms with Crippen LogP contribution >= 0.6 is 46.0 Å². The smallest absolute Gasteiger partial charge is 0.145 e. The van der Waals surface area contributed by atoms with Crippen LogP contribution in [0.5, 0.6) is 0 Å². The number of hydrogen-bond donors (Lipinski definition) is 1. The van der Waals surface area contributed by atoms with Crippen LogP contribution in [0.15, 0.2) is 0 Å². The Balaban J connectivity index is 2.15. The van der Waals surface area contributed by atoms with Gasteiger partial charge in [-0.15, -0.1) is 0 Å². The largest absolute Gasteiger partial charge is 0.368 e. The van der Waals surface area contributed by atoms with E-state index in [0.29, 0.717) is 6.04 Å². The first-order valence-corrected chi connectivity index (χ1v) is 7.80. The molecule has 5 heteroatoms. The maximum Gasteiger partial charge on any atom is 0.145 e. The molecule has 0 radical (unpaired) electrons. The molecule has 80 valence electrons. The second-order valence-corrected chi connectivity index (χ2v) is 7.32. The van der Waals surface area contributed by atoms with Crippen LogP contribution in [0, 0.1) is 0 Å². The molecule has 1 aliphatic rings. The average Bonchev–Trinajstić information content (AvgIpc) is 2.16. The lowest BCUT2D eigenvalue weighted by Crippen LogP contribution is -2.33. The number of nitrogens with one attached hydrogen (secondary N) is 1. The summed E-state index contributed by atoms with van der Waals surface area (Å²) in [6, 6.07) is 0.606. The van der Waals surface area contributed by atoms with Gasteiger partial charge in [-0.05, 0) is 41.4 Å². The van der Waals surface area contributed by atoms with Crippen LogP contribution < -0.4 is 5.32 Å². The number of hydrogen-bond acceptors (Lipinski definition) is 4. The fraction of sp³-hybridized carbons (Fsp3) is 0.778. The first kappa shape index (κ1) is 12.7. The van der Waals surface area contributed by atoms with Gasteiger partial charge in [0.15, 0.2) is 0 Å². The zero-order valence-electron chi connectivity index (χ0n) is 8.25. The van der Waals surface area contributed by atoms with Crippen molar-refractivity contribution in [1.29, 1.82) is 0 Å². The van der Waals surface area contributed by atoms with Gasteiger partial charge in [0, 0.05) is 6.04 Å². The van der Waals surface area contributed by atoms with Gasteiger partial charge >= 0.3 is 0 Å². The second-order valence-electron chi connectivity index (χ2n) is 3.42. The zero-order valence-corrected chi connectivity index (χ0v) is 11.5. The molecule has 0 atom stereocenters. The highest BCUT2D eigenvalue weighted by atomic mass is 33.1. The fourth-order valence-electron chi connectivity index (χ4n) is 1.53. The maximum absolute atomic E-state index is 5.22. The lowest BCUT2D eigenvalue weighted by Gasteiger charge is -2.23. The summed E-state index contributed by atoms with van der Waals surface area (Å²) in [6.45, 7) is 1.93. The van der Waals surface area contributed by atoms with Crippen molar-refractivity contribution in [3.63, 3.8) is 0 Å². The Kier molecular flexibility index (Phi) is 6.41. The molecular weight excluding hydrogens is 250 g/mol. The number of thiocarbonyl (C=S) groups is 2. The van der Waals surface area contributed by atoms with Crippen molar-refractivity contribution >= 4 is 54.5 Å². The molecule has 1 fully saturated rings. The van der Waals surface area contributed by atoms with Gasteiger partial charge in [-0.3, -0.25) is 0 Å². The minimum absolute atomic E-state index is 0.606. The van der Waals surface area contributed by atoms with Crippen molar-refractivity contribution in [3.8, 4) is 0 Å². The van der Waals surface area contributed by atoms with Gasteiger partial charge in [0.1, 0.15) is 4.32 Å². The van der Waals surface area contributed by atoms with E-state index in [-0.39, 0.29) is 0 Å². The zero-order chi connectivity index (χ0) is 10.4. The van der Waals surface area contributed by atoms with Gasteiger partial charge < -0.3 is 5.32 Å². The van der Waals surface area contributed by atoms with Crippen molar-refractivity contribution in [1.82, 2.24) is 5.32 Å². The van der Waals surface area contributed by atoms with Crippen LogP contribution in [0.25, 0.3) is 0 Å². The molecule has 0 spiro atoms. The first-order valence-electron chi connectivity index (χ1n) is 4.84. The summed E-state index contributed by atoms with van der Waals surface area (Å²) in [5, 5.41) is 3.39. The Morgan fingerprint density at radius 3 is 2.36 bits per heavy atom. The Hall–Kier alpha value is 0.680. The van der Waals surface area contributed by atoms with E-state index in [9.17, 15) is 0 Å². The molecule has 0 aromatic heterocycles. The quantitative estimate of drug-likeness (QED) is 0.568. The van der Waals surface area contributed by atoms with Crippen LogP contribution in [0.4, 0.5) is 0 Å². The summed E-state index contributed by atoms with van der Waals surface area (Å²) < 4.78 is 1.81. The molecule has 1 nitrogen and oxygen atoms in total. The SMILES string of the molecule is CC(=S)SSC(=S)NC1CCCCC1. The maximum atomic E-state index is 5.22. The van der Waals surface area contributed by atoms with Crippen LogP contribution in [0.1, 0.15) is 39.0 Å². The normalized spacial score (nSPS) is 17.8. The third-order valence-corrected chi connectivity index (χ3v) is 5.50. The summed E-state index contributed by atoms with van der Waals surface area (Å²) in [6.07, 6.45) is 6.59. The second kappa shape index (κ2) is 7.04. The number of rotatable bonds is 1. The standard InChI is InChI=1S/C9H15NS4/c1-7(11)13-14-9(12)10-8-5-3-2-4-6-8/h8H,2-6H2,1H3,(H,10,12). The Bertz CT molecular complexity index is 211. The molecule has 14 heavy (non-hydrogen) atoms. The van der Waals surface area contributed by atoms with Gasteiger partial charge in [0.25, 0.3) is 0 Å². The Labute approximate surface area is 105 Å². The third kappa shape index (κ3) is 5.53. The molecule has 0 aromatic rings. The average molecular weight is 265 g/mol. The molecule has 1 N–H and O–H groups in total. The predicted octanol–water partition coefficient (Wildman–Crippen LogP) is 3.92. The van der Waals surface area contributed by atoms with Crippen LogP contribution in [-0.2, 0) is 0 Å². The summed E-state index contributed by atoms with van der Waals surface area (Å²) in [5.41, 5.74) is 0. The van der Waals surface area contributed by atoms with Gasteiger partial charge in [-0.1, -0.05) is 43.7 Å². The molecule has 1 saturated carbocycles. The van der Waals surface area contributed by atoms with Crippen LogP contribution in [0.3, 0.4) is 0 Å². The minimum atomic E-state index is 0.606. The van der Waals surface area contributed by atoms with E-state index in [1.807, 2.05) is 6.92 Å². The molecule has 0 heterocycles. The molecule has 0 amide bonds. The highest BCUT2D eigenvalue weighted by Crippen LogP contribution is 2.25. The van der Waals surface area contributed by atoms with Gasteiger partial charge in [-0.25, -0.2) is 0 Å². The monoisotopic (exact) mass is 265 g/mol. The van der Waals surface area contributed by atoms with Gasteiger partial charge in [-0.2, -0.15) is 0 Å². The highest BCUT2D eigenvalue weighted by Gasteiger charge is 2.14. The van der Waals surface area contributed by atoms with E-state index < -0.39 is 0 Å². The van der Waals surface area contributed by atoms with Crippen molar-refractivity contribution < 1.29 is 0 Å². The topological polar surface area (TPSA) is 12.0 Å². The van der Waals surface area contributed by atoms with Crippen LogP contribution in [0.2, 0.25) is 0 Å². The molecule has 1 aliphatic carbocycles. The molecule has 0 bridgehead atoms. The van der Waals surface area contributed by atoms with E-state index in [0.717, 1.165) is 8.52 Å². The summed E-state index contributed by atoms with van der Waals surface area (Å²) in [5.74, 6) is 0. The van der Waals surface area contributed by atoms with Crippen molar-refractivity contribution in [2.45, 2.75) is 45.1 Å². The summed E-state index contributed by atoms with van der Waals surface area (Å²) >= 11 is 10.2. The first-order chi connectivity index (χ1) is 6.68. The fourth-order valence-corrected chi connectivity index (χ4v) is 3.44. The van der Waals surface area contributed by atoms with Gasteiger partial charge in [0.05, 0.1) is 4.20 Å². The van der Waals surface area contributed by atoms with Gasteiger partial charge in [0.2, 0.25) is 0 Å². The third-order valence-electron chi connectivity index (χ3n) is 2.16. The Morgan fingerprint density at radius 2 is 1.79 bits per heavy atom. The molecule has 0 aromatic carbocycles. The molecule has 0 saturated heterocycles. The van der Waals surface area contributed by atoms with Crippen molar-refractivity contribution in [2.75, 3.05) is 0 Å². The summed E-state index contributed by atoms with van der Waals surface area (Å²) in [4.78, 5) is 0. The van der Waals surface area contributed by atoms with Crippen LogP contribution in [-0.4, -0.2) is 14.6 Å². The predicted molar refractivity (Wildman–Crippen MR) is 76.1 cm³/mol. The molecule has 1 rings (SSSR count). The molecule has 0 unspecified atom stereocenters.